The Morgan fingerprint density at radius 1 is 1.42 bits per heavy atom. The summed E-state index contributed by atoms with van der Waals surface area (Å²) in [5, 5.41) is 0. The van der Waals surface area contributed by atoms with E-state index >= 15 is 0 Å². The second-order valence-corrected chi connectivity index (χ2v) is 3.41. The zero-order valence-corrected chi connectivity index (χ0v) is 7.33. The zero-order valence-electron chi connectivity index (χ0n) is 7.33. The van der Waals surface area contributed by atoms with Crippen LogP contribution in [0.15, 0.2) is 24.3 Å². The van der Waals surface area contributed by atoms with Crippen LogP contribution in [0.2, 0.25) is 0 Å². The van der Waals surface area contributed by atoms with Crippen LogP contribution in [-0.2, 0) is 0 Å². The van der Waals surface area contributed by atoms with Gasteiger partial charge in [-0.25, -0.2) is 0 Å². The number of rotatable bonds is 1. The minimum absolute atomic E-state index is 0.561. The molecule has 2 rings (SSSR count). The second kappa shape index (κ2) is 2.79. The predicted molar refractivity (Wildman–Crippen MR) is 50.8 cm³/mol. The summed E-state index contributed by atoms with van der Waals surface area (Å²) < 4.78 is 0. The molecule has 1 unspecified atom stereocenters. The van der Waals surface area contributed by atoms with Gasteiger partial charge in [0.15, 0.2) is 0 Å². The Kier molecular flexibility index (Phi) is 1.77. The average molecular weight is 162 g/mol. The number of para-hydroxylation sites is 1. The summed E-state index contributed by atoms with van der Waals surface area (Å²) in [6.07, 6.45) is 1.24. The van der Waals surface area contributed by atoms with Gasteiger partial charge in [0.1, 0.15) is 0 Å². The van der Waals surface area contributed by atoms with Gasteiger partial charge in [0, 0.05) is 18.3 Å². The fourth-order valence-corrected chi connectivity index (χ4v) is 1.72. The van der Waals surface area contributed by atoms with Gasteiger partial charge in [0.25, 0.3) is 0 Å². The maximum Gasteiger partial charge on any atom is 0.0377 e. The molecule has 1 aliphatic heterocycles. The number of nitrogens with zero attached hydrogens (tertiary/aromatic N) is 1. The fraction of sp³-hybridized carbons (Fsp3) is 0.400. The Labute approximate surface area is 73.0 Å². The van der Waals surface area contributed by atoms with E-state index in [4.69, 9.17) is 5.73 Å². The van der Waals surface area contributed by atoms with Gasteiger partial charge in [-0.3, -0.25) is 4.90 Å². The molecule has 64 valence electrons. The predicted octanol–water partition coefficient (Wildman–Crippen LogP) is 1.65. The van der Waals surface area contributed by atoms with Crippen molar-refractivity contribution in [2.45, 2.75) is 12.5 Å². The van der Waals surface area contributed by atoms with Gasteiger partial charge >= 0.3 is 0 Å². The molecule has 1 atom stereocenters. The van der Waals surface area contributed by atoms with Crippen LogP contribution in [0.3, 0.4) is 0 Å². The van der Waals surface area contributed by atoms with E-state index in [1.165, 1.54) is 18.5 Å². The molecule has 2 nitrogen and oxygen atoms in total. The molecule has 0 radical (unpaired) electrons. The first kappa shape index (κ1) is 7.62. The lowest BCUT2D eigenvalue weighted by Gasteiger charge is -2.38. The Morgan fingerprint density at radius 2 is 2.17 bits per heavy atom. The van der Waals surface area contributed by atoms with Crippen molar-refractivity contribution in [1.29, 1.82) is 0 Å². The van der Waals surface area contributed by atoms with E-state index in [0.29, 0.717) is 6.04 Å². The first-order valence-electron chi connectivity index (χ1n) is 4.33. The van der Waals surface area contributed by atoms with Gasteiger partial charge in [-0.2, -0.15) is 0 Å². The number of nitrogens with two attached hydrogens (primary N) is 1. The molecule has 0 saturated carbocycles. The molecule has 2 N–H and O–H groups in total. The lowest BCUT2D eigenvalue weighted by Crippen LogP contribution is -2.37. The van der Waals surface area contributed by atoms with Gasteiger partial charge < -0.3 is 5.73 Å². The lowest BCUT2D eigenvalue weighted by molar-refractivity contribution is 0.128. The quantitative estimate of drug-likeness (QED) is 0.636. The van der Waals surface area contributed by atoms with Crippen molar-refractivity contribution in [2.75, 3.05) is 19.3 Å². The third-order valence-electron chi connectivity index (χ3n) is 2.64. The molecular weight excluding hydrogens is 148 g/mol. The van der Waals surface area contributed by atoms with E-state index in [1.54, 1.807) is 0 Å². The molecule has 1 saturated heterocycles. The number of benzene rings is 1. The number of hydrogen-bond donors (Lipinski definition) is 1. The molecule has 0 aromatic heterocycles. The summed E-state index contributed by atoms with van der Waals surface area (Å²) in [7, 11) is 2.14. The molecule has 0 amide bonds. The molecule has 1 heterocycles. The van der Waals surface area contributed by atoms with Crippen LogP contribution in [-0.4, -0.2) is 18.5 Å². The van der Waals surface area contributed by atoms with Crippen molar-refractivity contribution in [3.05, 3.63) is 29.8 Å². The molecule has 1 aliphatic rings. The van der Waals surface area contributed by atoms with Crippen LogP contribution in [0.4, 0.5) is 5.69 Å². The van der Waals surface area contributed by atoms with Crippen LogP contribution in [0.1, 0.15) is 18.0 Å². The van der Waals surface area contributed by atoms with Crippen LogP contribution >= 0.6 is 0 Å². The first-order valence-corrected chi connectivity index (χ1v) is 4.33. The van der Waals surface area contributed by atoms with E-state index in [9.17, 15) is 0 Å². The standard InChI is InChI=1S/C10H14N2/c1-12-7-6-10(12)8-4-2-3-5-9(8)11/h2-5,10H,6-7,11H2,1H3. The van der Waals surface area contributed by atoms with E-state index in [2.05, 4.69) is 24.1 Å². The summed E-state index contributed by atoms with van der Waals surface area (Å²) in [6, 6.07) is 8.69. The molecule has 1 aromatic carbocycles. The molecule has 0 spiro atoms. The van der Waals surface area contributed by atoms with E-state index in [-0.39, 0.29) is 0 Å². The minimum Gasteiger partial charge on any atom is -0.398 e. The summed E-state index contributed by atoms with van der Waals surface area (Å²) in [4.78, 5) is 2.33. The maximum absolute atomic E-state index is 5.87. The summed E-state index contributed by atoms with van der Waals surface area (Å²) in [5.41, 5.74) is 8.08. The highest BCUT2D eigenvalue weighted by Gasteiger charge is 2.26. The number of nitrogen functional groups attached to an aromatic ring is 1. The zero-order chi connectivity index (χ0) is 8.55. The third kappa shape index (κ3) is 1.08. The number of anilines is 1. The fourth-order valence-electron chi connectivity index (χ4n) is 1.72. The van der Waals surface area contributed by atoms with E-state index in [1.807, 2.05) is 12.1 Å². The van der Waals surface area contributed by atoms with Crippen molar-refractivity contribution in [3.8, 4) is 0 Å². The molecule has 1 fully saturated rings. The summed E-state index contributed by atoms with van der Waals surface area (Å²) in [6.45, 7) is 1.19. The average Bonchev–Trinajstić information content (AvgIpc) is 2.06. The lowest BCUT2D eigenvalue weighted by atomic mass is 9.94. The number of likely N-dealkylation sites (tertiary alicyclic amines) is 1. The van der Waals surface area contributed by atoms with Gasteiger partial charge in [-0.15, -0.1) is 0 Å². The molecule has 1 aromatic rings. The highest BCUT2D eigenvalue weighted by Crippen LogP contribution is 2.34. The number of hydrogen-bond acceptors (Lipinski definition) is 2. The topological polar surface area (TPSA) is 29.3 Å². The molecule has 12 heavy (non-hydrogen) atoms. The third-order valence-corrected chi connectivity index (χ3v) is 2.64. The normalized spacial score (nSPS) is 23.6. The van der Waals surface area contributed by atoms with Crippen LogP contribution in [0.5, 0.6) is 0 Å². The minimum atomic E-state index is 0.561. The van der Waals surface area contributed by atoms with Crippen molar-refractivity contribution >= 4 is 5.69 Å². The van der Waals surface area contributed by atoms with Crippen LogP contribution in [0, 0.1) is 0 Å². The Hall–Kier alpha value is -1.02. The Balaban J connectivity index is 2.27. The maximum atomic E-state index is 5.87. The smallest absolute Gasteiger partial charge is 0.0377 e. The summed E-state index contributed by atoms with van der Waals surface area (Å²) >= 11 is 0. The Bertz CT molecular complexity index is 283. The van der Waals surface area contributed by atoms with Gasteiger partial charge in [-0.1, -0.05) is 18.2 Å². The molecule has 0 bridgehead atoms. The van der Waals surface area contributed by atoms with Crippen molar-refractivity contribution < 1.29 is 0 Å². The van der Waals surface area contributed by atoms with Gasteiger partial charge in [-0.05, 0) is 25.1 Å². The van der Waals surface area contributed by atoms with Crippen molar-refractivity contribution in [1.82, 2.24) is 4.90 Å². The van der Waals surface area contributed by atoms with Gasteiger partial charge in [0.2, 0.25) is 0 Å². The summed E-state index contributed by atoms with van der Waals surface area (Å²) in [5.74, 6) is 0. The van der Waals surface area contributed by atoms with E-state index < -0.39 is 0 Å². The van der Waals surface area contributed by atoms with Crippen molar-refractivity contribution in [3.63, 3.8) is 0 Å². The SMILES string of the molecule is CN1CCC1c1ccccc1N. The first-order chi connectivity index (χ1) is 5.79. The largest absolute Gasteiger partial charge is 0.398 e. The molecule has 2 heteroatoms. The highest BCUT2D eigenvalue weighted by molar-refractivity contribution is 5.48. The van der Waals surface area contributed by atoms with Gasteiger partial charge in [0.05, 0.1) is 0 Å². The monoisotopic (exact) mass is 162 g/mol. The second-order valence-electron chi connectivity index (χ2n) is 3.41. The van der Waals surface area contributed by atoms with Crippen LogP contribution in [0.25, 0.3) is 0 Å². The molecule has 0 aliphatic carbocycles. The Morgan fingerprint density at radius 3 is 2.67 bits per heavy atom. The molecular formula is C10H14N2. The van der Waals surface area contributed by atoms with E-state index in [0.717, 1.165) is 5.69 Å². The highest BCUT2D eigenvalue weighted by atomic mass is 15.2. The van der Waals surface area contributed by atoms with Crippen molar-refractivity contribution in [2.24, 2.45) is 0 Å². The van der Waals surface area contributed by atoms with Crippen LogP contribution < -0.4 is 5.73 Å².